The quantitative estimate of drug-likeness (QED) is 0.788. The van der Waals surface area contributed by atoms with Crippen LogP contribution in [0, 0.1) is 0 Å². The lowest BCUT2D eigenvalue weighted by atomic mass is 9.79. The molecule has 3 rings (SSSR count). The van der Waals surface area contributed by atoms with Gasteiger partial charge in [-0.25, -0.2) is 0 Å². The number of hydrogen-bond acceptors (Lipinski definition) is 3. The molecular formula is C15H13BO3. The van der Waals surface area contributed by atoms with Gasteiger partial charge in [0.2, 0.25) is 0 Å². The summed E-state index contributed by atoms with van der Waals surface area (Å²) in [7, 11) is -1.46. The smallest absolute Gasteiger partial charge is 0.423 e. The number of aryl methyl sites for hydroxylation is 1. The highest BCUT2D eigenvalue weighted by Crippen LogP contribution is 2.27. The van der Waals surface area contributed by atoms with Crippen molar-refractivity contribution in [2.24, 2.45) is 0 Å². The van der Waals surface area contributed by atoms with E-state index in [4.69, 9.17) is 0 Å². The zero-order chi connectivity index (χ0) is 13.4. The van der Waals surface area contributed by atoms with Crippen molar-refractivity contribution in [2.45, 2.75) is 12.8 Å². The number of carbonyl (C=O) groups is 1. The molecule has 0 aliphatic heterocycles. The molecular weight excluding hydrogens is 239 g/mol. The third-order valence-corrected chi connectivity index (χ3v) is 3.55. The van der Waals surface area contributed by atoms with Gasteiger partial charge in [-0.3, -0.25) is 4.79 Å². The molecule has 1 aliphatic carbocycles. The van der Waals surface area contributed by atoms with Crippen molar-refractivity contribution in [2.75, 3.05) is 0 Å². The molecule has 0 unspecified atom stereocenters. The molecule has 2 N–H and O–H groups in total. The Morgan fingerprint density at radius 1 is 0.947 bits per heavy atom. The van der Waals surface area contributed by atoms with E-state index in [9.17, 15) is 14.8 Å². The highest BCUT2D eigenvalue weighted by atomic mass is 16.4. The molecule has 0 aromatic heterocycles. The largest absolute Gasteiger partial charge is 0.488 e. The van der Waals surface area contributed by atoms with Crippen LogP contribution in [0.3, 0.4) is 0 Å². The number of benzene rings is 2. The van der Waals surface area contributed by atoms with Crippen molar-refractivity contribution < 1.29 is 14.8 Å². The van der Waals surface area contributed by atoms with Crippen LogP contribution in [0.4, 0.5) is 0 Å². The summed E-state index contributed by atoms with van der Waals surface area (Å²) >= 11 is 0. The van der Waals surface area contributed by atoms with Crippen LogP contribution in [0.25, 0.3) is 11.1 Å². The Balaban J connectivity index is 2.03. The summed E-state index contributed by atoms with van der Waals surface area (Å²) in [5.74, 6) is 0.209. The topological polar surface area (TPSA) is 57.5 Å². The molecule has 1 aliphatic rings. The van der Waals surface area contributed by atoms with Gasteiger partial charge >= 0.3 is 7.12 Å². The summed E-state index contributed by atoms with van der Waals surface area (Å²) in [6.07, 6.45) is 1.39. The number of hydrogen-bond donors (Lipinski definition) is 2. The highest BCUT2D eigenvalue weighted by Gasteiger charge is 2.19. The van der Waals surface area contributed by atoms with E-state index in [0.717, 1.165) is 28.7 Å². The predicted octanol–water partition coefficient (Wildman–Crippen LogP) is 1.16. The van der Waals surface area contributed by atoms with Crippen molar-refractivity contribution in [1.82, 2.24) is 0 Å². The van der Waals surface area contributed by atoms with Gasteiger partial charge < -0.3 is 10.0 Å². The zero-order valence-corrected chi connectivity index (χ0v) is 10.3. The summed E-state index contributed by atoms with van der Waals surface area (Å²) < 4.78 is 0. The van der Waals surface area contributed by atoms with Gasteiger partial charge in [0.1, 0.15) is 0 Å². The fraction of sp³-hybridized carbons (Fsp3) is 0.133. The fourth-order valence-electron chi connectivity index (χ4n) is 2.51. The number of ketones is 1. The third kappa shape index (κ3) is 2.20. The summed E-state index contributed by atoms with van der Waals surface area (Å²) in [4.78, 5) is 11.6. The van der Waals surface area contributed by atoms with E-state index in [1.54, 1.807) is 18.2 Å². The Bertz CT molecular complexity index is 650. The van der Waals surface area contributed by atoms with Gasteiger partial charge in [0.25, 0.3) is 0 Å². The lowest BCUT2D eigenvalue weighted by Gasteiger charge is -2.07. The number of fused-ring (bicyclic) bond motifs is 1. The van der Waals surface area contributed by atoms with Crippen LogP contribution in [0.2, 0.25) is 0 Å². The lowest BCUT2D eigenvalue weighted by molar-refractivity contribution is 0.0994. The van der Waals surface area contributed by atoms with E-state index in [-0.39, 0.29) is 5.78 Å². The molecule has 0 bridgehead atoms. The van der Waals surface area contributed by atoms with E-state index in [0.29, 0.717) is 11.9 Å². The van der Waals surface area contributed by atoms with Gasteiger partial charge in [0, 0.05) is 12.0 Å². The molecule has 0 fully saturated rings. The molecule has 0 radical (unpaired) electrons. The van der Waals surface area contributed by atoms with Gasteiger partial charge in [-0.15, -0.1) is 0 Å². The maximum Gasteiger partial charge on any atom is 0.488 e. The first-order valence-corrected chi connectivity index (χ1v) is 6.28. The van der Waals surface area contributed by atoms with Crippen molar-refractivity contribution in [3.63, 3.8) is 0 Å². The first kappa shape index (κ1) is 12.1. The molecule has 0 spiro atoms. The van der Waals surface area contributed by atoms with Crippen LogP contribution in [0.1, 0.15) is 22.3 Å². The average Bonchev–Trinajstić information content (AvgIpc) is 2.80. The predicted molar refractivity (Wildman–Crippen MR) is 74.4 cm³/mol. The van der Waals surface area contributed by atoms with Gasteiger partial charge in [0.15, 0.2) is 5.78 Å². The monoisotopic (exact) mass is 252 g/mol. The van der Waals surface area contributed by atoms with Crippen LogP contribution in [0.15, 0.2) is 42.5 Å². The van der Waals surface area contributed by atoms with Gasteiger partial charge in [-0.1, -0.05) is 42.5 Å². The van der Waals surface area contributed by atoms with Gasteiger partial charge in [-0.05, 0) is 28.6 Å². The van der Waals surface area contributed by atoms with E-state index < -0.39 is 7.12 Å². The SMILES string of the molecule is O=C1CCc2cc(-c3cccc(B(O)O)c3)ccc21. The Morgan fingerprint density at radius 2 is 1.74 bits per heavy atom. The molecule has 2 aromatic rings. The second kappa shape index (κ2) is 4.65. The van der Waals surface area contributed by atoms with E-state index in [1.807, 2.05) is 24.3 Å². The second-order valence-electron chi connectivity index (χ2n) is 4.79. The first-order chi connectivity index (χ1) is 9.15. The maximum absolute atomic E-state index is 11.6. The van der Waals surface area contributed by atoms with Crippen molar-refractivity contribution in [3.8, 4) is 11.1 Å². The number of Topliss-reactive ketones (excluding diaryl/α,β-unsaturated/α-hetero) is 1. The van der Waals surface area contributed by atoms with Crippen LogP contribution in [-0.4, -0.2) is 22.9 Å². The molecule has 0 saturated heterocycles. The van der Waals surface area contributed by atoms with E-state index in [1.165, 1.54) is 0 Å². The molecule has 0 atom stereocenters. The second-order valence-corrected chi connectivity index (χ2v) is 4.79. The number of carbonyl (C=O) groups excluding carboxylic acids is 1. The van der Waals surface area contributed by atoms with Crippen molar-refractivity contribution in [1.29, 1.82) is 0 Å². The molecule has 0 heterocycles. The summed E-state index contributed by atoms with van der Waals surface area (Å²) in [5, 5.41) is 18.4. The molecule has 4 heteroatoms. The van der Waals surface area contributed by atoms with Crippen LogP contribution in [-0.2, 0) is 6.42 Å². The van der Waals surface area contributed by atoms with Gasteiger partial charge in [-0.2, -0.15) is 0 Å². The van der Waals surface area contributed by atoms with Crippen LogP contribution in [0.5, 0.6) is 0 Å². The minimum Gasteiger partial charge on any atom is -0.423 e. The van der Waals surface area contributed by atoms with Crippen LogP contribution < -0.4 is 5.46 Å². The molecule has 94 valence electrons. The Kier molecular flexibility index (Phi) is 2.97. The molecule has 19 heavy (non-hydrogen) atoms. The first-order valence-electron chi connectivity index (χ1n) is 6.28. The average molecular weight is 252 g/mol. The van der Waals surface area contributed by atoms with Crippen LogP contribution >= 0.6 is 0 Å². The summed E-state index contributed by atoms with van der Waals surface area (Å²) in [6.45, 7) is 0. The molecule has 3 nitrogen and oxygen atoms in total. The van der Waals surface area contributed by atoms with E-state index in [2.05, 4.69) is 0 Å². The van der Waals surface area contributed by atoms with Gasteiger partial charge in [0.05, 0.1) is 0 Å². The fourth-order valence-corrected chi connectivity index (χ4v) is 2.51. The third-order valence-electron chi connectivity index (χ3n) is 3.55. The lowest BCUT2D eigenvalue weighted by Crippen LogP contribution is -2.29. The number of rotatable bonds is 2. The Labute approximate surface area is 111 Å². The van der Waals surface area contributed by atoms with Crippen molar-refractivity contribution >= 4 is 18.4 Å². The minimum atomic E-state index is -1.46. The standard InChI is InChI=1S/C15H13BO3/c17-15-7-5-12-8-11(4-6-14(12)15)10-2-1-3-13(9-10)16(18)19/h1-4,6,8-9,18-19H,5,7H2. The van der Waals surface area contributed by atoms with Crippen molar-refractivity contribution in [3.05, 3.63) is 53.6 Å². The molecule has 0 amide bonds. The summed E-state index contributed by atoms with van der Waals surface area (Å²) in [6, 6.07) is 12.9. The van der Waals surface area contributed by atoms with E-state index >= 15 is 0 Å². The molecule has 0 saturated carbocycles. The Hall–Kier alpha value is -1.91. The Morgan fingerprint density at radius 3 is 2.53 bits per heavy atom. The highest BCUT2D eigenvalue weighted by molar-refractivity contribution is 6.58. The zero-order valence-electron chi connectivity index (χ0n) is 10.3. The maximum atomic E-state index is 11.6. The minimum absolute atomic E-state index is 0.209. The molecule has 2 aromatic carbocycles. The normalized spacial score (nSPS) is 13.5. The summed E-state index contributed by atoms with van der Waals surface area (Å²) in [5.41, 5.74) is 4.29.